The highest BCUT2D eigenvalue weighted by Gasteiger charge is 2.17. The van der Waals surface area contributed by atoms with Crippen LogP contribution < -0.4 is 10.2 Å². The maximum absolute atomic E-state index is 13.6. The van der Waals surface area contributed by atoms with Gasteiger partial charge in [-0.1, -0.05) is 0 Å². The van der Waals surface area contributed by atoms with E-state index in [1.807, 2.05) is 0 Å². The Morgan fingerprint density at radius 2 is 1.78 bits per heavy atom. The maximum Gasteiger partial charge on any atom is 0.274 e. The zero-order valence-corrected chi connectivity index (χ0v) is 12.2. The highest BCUT2D eigenvalue weighted by atomic mass is 19.2. The number of carbonyl (C=O) groups is 1. The normalized spacial score (nSPS) is 14.1. The van der Waals surface area contributed by atoms with Crippen molar-refractivity contribution in [2.75, 3.05) is 23.3 Å². The zero-order valence-electron chi connectivity index (χ0n) is 12.2. The van der Waals surface area contributed by atoms with E-state index in [1.165, 1.54) is 6.07 Å². The van der Waals surface area contributed by atoms with Crippen molar-refractivity contribution in [3.8, 4) is 0 Å². The number of carbonyl (C=O) groups excluding carboxylic acids is 1. The number of hydrogen-bond donors (Lipinski definition) is 1. The van der Waals surface area contributed by atoms with Crippen LogP contribution in [-0.2, 0) is 0 Å². The van der Waals surface area contributed by atoms with Crippen molar-refractivity contribution in [3.63, 3.8) is 0 Å². The van der Waals surface area contributed by atoms with E-state index >= 15 is 0 Å². The second kappa shape index (κ2) is 6.28. The van der Waals surface area contributed by atoms with E-state index in [-0.39, 0.29) is 5.69 Å². The number of hydrogen-bond acceptors (Lipinski definition) is 3. The van der Waals surface area contributed by atoms with E-state index in [0.717, 1.165) is 43.8 Å². The summed E-state index contributed by atoms with van der Waals surface area (Å²) in [5, 5.41) is 2.19. The molecule has 7 heteroatoms. The number of pyridine rings is 1. The summed E-state index contributed by atoms with van der Waals surface area (Å²) >= 11 is 0. The molecule has 0 radical (unpaired) electrons. The molecule has 3 rings (SSSR count). The first-order chi connectivity index (χ1) is 11.1. The van der Waals surface area contributed by atoms with Crippen molar-refractivity contribution < 1.29 is 18.0 Å². The number of halogens is 3. The number of benzene rings is 1. The molecule has 0 atom stereocenters. The third-order valence-corrected chi connectivity index (χ3v) is 3.74. The van der Waals surface area contributed by atoms with Gasteiger partial charge in [0.25, 0.3) is 5.91 Å². The van der Waals surface area contributed by atoms with Gasteiger partial charge in [-0.2, -0.15) is 0 Å². The fraction of sp³-hybridized carbons (Fsp3) is 0.250. The number of amides is 1. The number of aromatic nitrogens is 1. The van der Waals surface area contributed by atoms with Crippen LogP contribution in [-0.4, -0.2) is 24.0 Å². The van der Waals surface area contributed by atoms with Crippen LogP contribution in [0.25, 0.3) is 0 Å². The van der Waals surface area contributed by atoms with Crippen molar-refractivity contribution >= 4 is 17.3 Å². The Balaban J connectivity index is 1.74. The summed E-state index contributed by atoms with van der Waals surface area (Å²) in [6.45, 7) is 1.90. The van der Waals surface area contributed by atoms with Gasteiger partial charge in [0.15, 0.2) is 17.5 Å². The van der Waals surface area contributed by atoms with Crippen LogP contribution >= 0.6 is 0 Å². The fourth-order valence-corrected chi connectivity index (χ4v) is 2.49. The Morgan fingerprint density at radius 3 is 2.43 bits per heavy atom. The van der Waals surface area contributed by atoms with E-state index in [2.05, 4.69) is 15.2 Å². The maximum atomic E-state index is 13.6. The number of nitrogens with zero attached hydrogens (tertiary/aromatic N) is 2. The van der Waals surface area contributed by atoms with Crippen LogP contribution in [0.1, 0.15) is 23.3 Å². The molecule has 0 aliphatic carbocycles. The Labute approximate surface area is 130 Å². The number of rotatable bonds is 3. The van der Waals surface area contributed by atoms with Gasteiger partial charge in [0.05, 0.1) is 17.6 Å². The highest BCUT2D eigenvalue weighted by Crippen LogP contribution is 2.21. The molecule has 1 aliphatic heterocycles. The molecule has 1 aliphatic rings. The molecule has 0 unspecified atom stereocenters. The highest BCUT2D eigenvalue weighted by molar-refractivity contribution is 6.03. The molecule has 4 nitrogen and oxygen atoms in total. The van der Waals surface area contributed by atoms with E-state index in [4.69, 9.17) is 0 Å². The third-order valence-electron chi connectivity index (χ3n) is 3.74. The summed E-state index contributed by atoms with van der Waals surface area (Å²) in [4.78, 5) is 18.2. The molecule has 1 aromatic heterocycles. The minimum Gasteiger partial charge on any atom is -0.370 e. The lowest BCUT2D eigenvalue weighted by Crippen LogP contribution is -2.19. The molecule has 2 heterocycles. The van der Waals surface area contributed by atoms with Gasteiger partial charge in [0.2, 0.25) is 0 Å². The zero-order chi connectivity index (χ0) is 16.4. The van der Waals surface area contributed by atoms with E-state index in [0.29, 0.717) is 0 Å². The summed E-state index contributed by atoms with van der Waals surface area (Å²) in [5.74, 6) is -5.07. The van der Waals surface area contributed by atoms with Gasteiger partial charge in [0, 0.05) is 13.1 Å². The van der Waals surface area contributed by atoms with Crippen LogP contribution in [0.3, 0.4) is 0 Å². The lowest BCUT2D eigenvalue weighted by Gasteiger charge is -2.17. The van der Waals surface area contributed by atoms with Gasteiger partial charge in [-0.15, -0.1) is 0 Å². The summed E-state index contributed by atoms with van der Waals surface area (Å²) in [6.07, 6.45) is 3.82. The Bertz CT molecular complexity index is 728. The van der Waals surface area contributed by atoms with Crippen molar-refractivity contribution in [3.05, 3.63) is 53.6 Å². The first kappa shape index (κ1) is 15.3. The van der Waals surface area contributed by atoms with E-state index in [9.17, 15) is 18.0 Å². The predicted molar refractivity (Wildman–Crippen MR) is 80.0 cm³/mol. The van der Waals surface area contributed by atoms with Crippen LogP contribution in [0, 0.1) is 17.5 Å². The second-order valence-corrected chi connectivity index (χ2v) is 5.27. The molecular formula is C16H14F3N3O. The largest absolute Gasteiger partial charge is 0.370 e. The number of nitrogens with one attached hydrogen (secondary N) is 1. The molecule has 1 amide bonds. The van der Waals surface area contributed by atoms with Crippen LogP contribution in [0.15, 0.2) is 30.5 Å². The van der Waals surface area contributed by atoms with Gasteiger partial charge >= 0.3 is 0 Å². The third kappa shape index (κ3) is 3.13. The molecule has 1 N–H and O–H groups in total. The topological polar surface area (TPSA) is 45.2 Å². The average molecular weight is 321 g/mol. The van der Waals surface area contributed by atoms with Crippen LogP contribution in [0.5, 0.6) is 0 Å². The molecule has 1 saturated heterocycles. The van der Waals surface area contributed by atoms with Crippen molar-refractivity contribution in [2.45, 2.75) is 12.8 Å². The second-order valence-electron chi connectivity index (χ2n) is 5.27. The van der Waals surface area contributed by atoms with Gasteiger partial charge in [-0.05, 0) is 37.1 Å². The molecule has 1 aromatic carbocycles. The predicted octanol–water partition coefficient (Wildman–Crippen LogP) is 3.35. The molecular weight excluding hydrogens is 307 g/mol. The van der Waals surface area contributed by atoms with Crippen molar-refractivity contribution in [1.29, 1.82) is 0 Å². The summed E-state index contributed by atoms with van der Waals surface area (Å²) < 4.78 is 39.6. The summed E-state index contributed by atoms with van der Waals surface area (Å²) in [7, 11) is 0. The van der Waals surface area contributed by atoms with Crippen LogP contribution in [0.2, 0.25) is 0 Å². The Kier molecular flexibility index (Phi) is 4.18. The molecule has 0 spiro atoms. The monoisotopic (exact) mass is 321 g/mol. The van der Waals surface area contributed by atoms with Crippen molar-refractivity contribution in [2.24, 2.45) is 0 Å². The minimum atomic E-state index is -1.62. The molecule has 1 fully saturated rings. The Morgan fingerprint density at radius 1 is 1.04 bits per heavy atom. The molecule has 0 bridgehead atoms. The summed E-state index contributed by atoms with van der Waals surface area (Å²) in [5.41, 5.74) is 0.550. The fourth-order valence-electron chi connectivity index (χ4n) is 2.49. The van der Waals surface area contributed by atoms with E-state index in [1.54, 1.807) is 12.3 Å². The molecule has 23 heavy (non-hydrogen) atoms. The first-order valence-electron chi connectivity index (χ1n) is 7.22. The molecule has 2 aromatic rings. The molecule has 120 valence electrons. The quantitative estimate of drug-likeness (QED) is 0.882. The van der Waals surface area contributed by atoms with E-state index < -0.39 is 29.0 Å². The lowest BCUT2D eigenvalue weighted by molar-refractivity contribution is 0.102. The average Bonchev–Trinajstić information content (AvgIpc) is 3.10. The van der Waals surface area contributed by atoms with Crippen molar-refractivity contribution in [1.82, 2.24) is 4.98 Å². The van der Waals surface area contributed by atoms with Gasteiger partial charge < -0.3 is 10.2 Å². The molecule has 0 saturated carbocycles. The van der Waals surface area contributed by atoms with Gasteiger partial charge in [-0.3, -0.25) is 4.79 Å². The minimum absolute atomic E-state index is 0.0667. The van der Waals surface area contributed by atoms with Gasteiger partial charge in [0.1, 0.15) is 5.69 Å². The Hall–Kier alpha value is -2.57. The lowest BCUT2D eigenvalue weighted by atomic mass is 10.2. The van der Waals surface area contributed by atoms with Crippen LogP contribution in [0.4, 0.5) is 24.5 Å². The first-order valence-corrected chi connectivity index (χ1v) is 7.22. The SMILES string of the molecule is O=C(Nc1ccc(F)c(F)c1F)c1ccc(N2CCCC2)cn1. The van der Waals surface area contributed by atoms with Gasteiger partial charge in [-0.25, -0.2) is 18.2 Å². The number of anilines is 2. The summed E-state index contributed by atoms with van der Waals surface area (Å²) in [6, 6.07) is 4.98. The standard InChI is InChI=1S/C16H14F3N3O/c17-11-4-6-12(15(19)14(11)18)21-16(23)13-5-3-10(9-20-13)22-7-1-2-8-22/h3-6,9H,1-2,7-8H2,(H,21,23). The smallest absolute Gasteiger partial charge is 0.274 e.